The van der Waals surface area contributed by atoms with Crippen molar-refractivity contribution in [2.75, 3.05) is 0 Å². The van der Waals surface area contributed by atoms with E-state index in [1.807, 2.05) is 0 Å². The summed E-state index contributed by atoms with van der Waals surface area (Å²) < 4.78 is 24.5. The molecule has 1 aliphatic heterocycles. The van der Waals surface area contributed by atoms with Crippen LogP contribution in [0.2, 0.25) is 0 Å². The van der Waals surface area contributed by atoms with Crippen LogP contribution >= 0.6 is 0 Å². The molecule has 0 aliphatic carbocycles. The molecule has 0 spiro atoms. The van der Waals surface area contributed by atoms with Crippen molar-refractivity contribution in [3.05, 3.63) is 42.5 Å². The summed E-state index contributed by atoms with van der Waals surface area (Å²) in [6, 6.07) is 11.0. The largest absolute Gasteiger partial charge is 0.488 e. The maximum Gasteiger partial charge on any atom is 0.488 e. The third kappa shape index (κ3) is 1.43. The molecule has 0 aromatic heterocycles. The quantitative estimate of drug-likeness (QED) is 0.612. The summed E-state index contributed by atoms with van der Waals surface area (Å²) in [7, 11) is -5.08. The van der Waals surface area contributed by atoms with E-state index >= 15 is 0 Å². The lowest BCUT2D eigenvalue weighted by Crippen LogP contribution is -2.29. The summed E-state index contributed by atoms with van der Waals surface area (Å²) in [6.07, 6.45) is 0. The summed E-state index contributed by atoms with van der Waals surface area (Å²) in [5, 5.41) is 18.3. The third-order valence-corrected chi connectivity index (χ3v) is 4.93. The molecule has 6 heteroatoms. The van der Waals surface area contributed by atoms with Gasteiger partial charge in [0.25, 0.3) is 0 Å². The lowest BCUT2D eigenvalue weighted by molar-refractivity contribution is 0.425. The molecule has 0 bridgehead atoms. The fourth-order valence-corrected chi connectivity index (χ4v) is 3.86. The average Bonchev–Trinajstić information content (AvgIpc) is 2.59. The Morgan fingerprint density at radius 1 is 0.889 bits per heavy atom. The van der Waals surface area contributed by atoms with E-state index in [4.69, 9.17) is 10.0 Å². The van der Waals surface area contributed by atoms with E-state index in [0.717, 1.165) is 0 Å². The molecule has 18 heavy (non-hydrogen) atoms. The Labute approximate surface area is 105 Å². The predicted octanol–water partition coefficient (Wildman–Crippen LogP) is 0.180. The van der Waals surface area contributed by atoms with Gasteiger partial charge in [0.2, 0.25) is 9.84 Å². The van der Waals surface area contributed by atoms with Gasteiger partial charge in [0.05, 0.1) is 9.79 Å². The third-order valence-electron chi connectivity index (χ3n) is 3.06. The SMILES string of the molecule is O=S1(=O)c2ccccc2-c2cc(B(O)O)ccc21. The van der Waals surface area contributed by atoms with Crippen molar-refractivity contribution in [1.82, 2.24) is 0 Å². The molecule has 0 unspecified atom stereocenters. The lowest BCUT2D eigenvalue weighted by Gasteiger charge is -2.03. The van der Waals surface area contributed by atoms with Crippen LogP contribution in [-0.4, -0.2) is 25.6 Å². The molecule has 2 aromatic carbocycles. The van der Waals surface area contributed by atoms with Crippen molar-refractivity contribution in [2.24, 2.45) is 0 Å². The van der Waals surface area contributed by atoms with Gasteiger partial charge in [0, 0.05) is 11.1 Å². The normalized spacial score (nSPS) is 15.0. The van der Waals surface area contributed by atoms with Crippen LogP contribution in [0.1, 0.15) is 0 Å². The number of benzene rings is 2. The lowest BCUT2D eigenvalue weighted by atomic mass is 9.79. The second kappa shape index (κ2) is 3.68. The van der Waals surface area contributed by atoms with Gasteiger partial charge < -0.3 is 10.0 Å². The highest BCUT2D eigenvalue weighted by Crippen LogP contribution is 2.42. The van der Waals surface area contributed by atoms with Crippen molar-refractivity contribution in [1.29, 1.82) is 0 Å². The summed E-state index contributed by atoms with van der Waals surface area (Å²) in [5.74, 6) is 0. The highest BCUT2D eigenvalue weighted by molar-refractivity contribution is 7.92. The molecule has 1 heterocycles. The molecule has 2 aromatic rings. The van der Waals surface area contributed by atoms with Crippen LogP contribution in [0, 0.1) is 0 Å². The Hall–Kier alpha value is -1.63. The van der Waals surface area contributed by atoms with Crippen molar-refractivity contribution < 1.29 is 18.5 Å². The van der Waals surface area contributed by atoms with Crippen LogP contribution < -0.4 is 5.46 Å². The zero-order valence-corrected chi connectivity index (χ0v) is 10.1. The van der Waals surface area contributed by atoms with Gasteiger partial charge >= 0.3 is 7.12 Å². The Bertz CT molecular complexity index is 737. The molecule has 0 radical (unpaired) electrons. The van der Waals surface area contributed by atoms with E-state index in [-0.39, 0.29) is 15.3 Å². The summed E-state index contributed by atoms with van der Waals surface area (Å²) in [5.41, 5.74) is 1.41. The summed E-state index contributed by atoms with van der Waals surface area (Å²) in [6.45, 7) is 0. The first-order valence-electron chi connectivity index (χ1n) is 5.36. The first kappa shape index (κ1) is 11.5. The fourth-order valence-electron chi connectivity index (χ4n) is 2.19. The monoisotopic (exact) mass is 260 g/mol. The standard InChI is InChI=1S/C12H9BO4S/c14-13(15)8-5-6-12-10(7-8)9-3-1-2-4-11(9)18(12,16)17/h1-7,14-15H. The molecule has 0 amide bonds. The summed E-state index contributed by atoms with van der Waals surface area (Å²) in [4.78, 5) is 0.484. The van der Waals surface area contributed by atoms with E-state index in [9.17, 15) is 8.42 Å². The zero-order valence-electron chi connectivity index (χ0n) is 9.24. The van der Waals surface area contributed by atoms with Gasteiger partial charge in [-0.2, -0.15) is 0 Å². The summed E-state index contributed by atoms with van der Waals surface area (Å²) >= 11 is 0. The minimum absolute atomic E-state index is 0.216. The first-order chi connectivity index (χ1) is 8.51. The second-order valence-electron chi connectivity index (χ2n) is 4.13. The molecule has 0 fully saturated rings. The van der Waals surface area contributed by atoms with Gasteiger partial charge in [0.15, 0.2) is 0 Å². The second-order valence-corrected chi connectivity index (χ2v) is 6.02. The van der Waals surface area contributed by atoms with E-state index in [1.54, 1.807) is 24.3 Å². The maximum absolute atomic E-state index is 12.2. The van der Waals surface area contributed by atoms with Gasteiger partial charge in [-0.25, -0.2) is 8.42 Å². The molecule has 0 saturated heterocycles. The Morgan fingerprint density at radius 3 is 2.28 bits per heavy atom. The molecule has 2 N–H and O–H groups in total. The molecule has 0 atom stereocenters. The topological polar surface area (TPSA) is 74.6 Å². The minimum Gasteiger partial charge on any atom is -0.423 e. The Balaban J connectivity index is 2.37. The van der Waals surface area contributed by atoms with Crippen LogP contribution in [0.3, 0.4) is 0 Å². The van der Waals surface area contributed by atoms with Crippen LogP contribution in [0.15, 0.2) is 52.3 Å². The molecule has 90 valence electrons. The molecular formula is C12H9BO4S. The van der Waals surface area contributed by atoms with Gasteiger partial charge in [-0.15, -0.1) is 0 Å². The Morgan fingerprint density at radius 2 is 1.56 bits per heavy atom. The van der Waals surface area contributed by atoms with Crippen LogP contribution in [-0.2, 0) is 9.84 Å². The number of rotatable bonds is 1. The first-order valence-corrected chi connectivity index (χ1v) is 6.85. The molecule has 3 rings (SSSR count). The van der Waals surface area contributed by atoms with E-state index in [1.165, 1.54) is 18.2 Å². The van der Waals surface area contributed by atoms with Gasteiger partial charge in [0.1, 0.15) is 0 Å². The predicted molar refractivity (Wildman–Crippen MR) is 67.2 cm³/mol. The van der Waals surface area contributed by atoms with Crippen LogP contribution in [0.25, 0.3) is 11.1 Å². The number of hydrogen-bond donors (Lipinski definition) is 2. The fraction of sp³-hybridized carbons (Fsp3) is 0. The van der Waals surface area contributed by atoms with E-state index in [0.29, 0.717) is 11.1 Å². The van der Waals surface area contributed by atoms with E-state index < -0.39 is 17.0 Å². The van der Waals surface area contributed by atoms with Crippen molar-refractivity contribution in [3.8, 4) is 11.1 Å². The molecule has 0 saturated carbocycles. The van der Waals surface area contributed by atoms with Crippen LogP contribution in [0.4, 0.5) is 0 Å². The van der Waals surface area contributed by atoms with Crippen molar-refractivity contribution >= 4 is 22.4 Å². The smallest absolute Gasteiger partial charge is 0.423 e. The minimum atomic E-state index is -3.47. The number of sulfone groups is 1. The Kier molecular flexibility index (Phi) is 2.35. The highest BCUT2D eigenvalue weighted by Gasteiger charge is 2.33. The van der Waals surface area contributed by atoms with Crippen molar-refractivity contribution in [3.63, 3.8) is 0 Å². The zero-order chi connectivity index (χ0) is 12.9. The molecule has 1 aliphatic rings. The van der Waals surface area contributed by atoms with Gasteiger partial charge in [-0.1, -0.05) is 30.3 Å². The average molecular weight is 260 g/mol. The van der Waals surface area contributed by atoms with Gasteiger partial charge in [-0.3, -0.25) is 0 Å². The number of fused-ring (bicyclic) bond motifs is 3. The van der Waals surface area contributed by atoms with Crippen molar-refractivity contribution in [2.45, 2.75) is 9.79 Å². The molecular weight excluding hydrogens is 251 g/mol. The highest BCUT2D eigenvalue weighted by atomic mass is 32.2. The van der Waals surface area contributed by atoms with Crippen LogP contribution in [0.5, 0.6) is 0 Å². The maximum atomic E-state index is 12.2. The number of hydrogen-bond acceptors (Lipinski definition) is 4. The van der Waals surface area contributed by atoms with E-state index in [2.05, 4.69) is 0 Å². The molecule has 4 nitrogen and oxygen atoms in total. The van der Waals surface area contributed by atoms with Gasteiger partial charge in [-0.05, 0) is 17.6 Å².